The van der Waals surface area contributed by atoms with E-state index in [-0.39, 0.29) is 29.6 Å². The zero-order valence-electron chi connectivity index (χ0n) is 31.3. The van der Waals surface area contributed by atoms with Crippen molar-refractivity contribution in [3.8, 4) is 17.0 Å². The number of rotatable bonds is 9. The fourth-order valence-electron chi connectivity index (χ4n) is 6.53. The molecule has 18 heteroatoms. The Morgan fingerprint density at radius 2 is 1.53 bits per heavy atom. The van der Waals surface area contributed by atoms with Gasteiger partial charge in [0.2, 0.25) is 0 Å². The number of fused-ring (bicyclic) bond motifs is 2. The van der Waals surface area contributed by atoms with Crippen LogP contribution in [0.15, 0.2) is 114 Å². The number of ether oxygens (including phenoxy) is 1. The fraction of sp³-hybridized carbons (Fsp3) is 0.150. The van der Waals surface area contributed by atoms with Gasteiger partial charge in [0, 0.05) is 16.8 Å². The van der Waals surface area contributed by atoms with Gasteiger partial charge in [-0.2, -0.15) is 15.3 Å². The van der Waals surface area contributed by atoms with Crippen LogP contribution in [0.2, 0.25) is 0 Å². The second-order valence-electron chi connectivity index (χ2n) is 13.4. The standard InChI is InChI=1S/C40H33F3N12O3/c1-22-7-5-8-26(19-22)30-13-17-34-44-24(3)36(54(34)51-30)38(56)45-33-16-12-28(48-50-33)21-53-25(4)37(39(57)46-32-15-11-23(2)47-49-32)55-35(53)18-14-31(52-55)27-9-6-10-29(20-27)58-40(41,42)43/h5-20,52H,21H2,1-4H3,(H,45,50,56)(H,46,49,57). The third-order valence-electron chi connectivity index (χ3n) is 9.20. The van der Waals surface area contributed by atoms with E-state index in [1.54, 1.807) is 63.3 Å². The van der Waals surface area contributed by atoms with Crippen molar-refractivity contribution < 1.29 is 27.5 Å². The van der Waals surface area contributed by atoms with E-state index in [1.165, 1.54) is 27.7 Å². The summed E-state index contributed by atoms with van der Waals surface area (Å²) >= 11 is 0. The van der Waals surface area contributed by atoms with Gasteiger partial charge in [-0.1, -0.05) is 35.9 Å². The van der Waals surface area contributed by atoms with Gasteiger partial charge in [0.15, 0.2) is 23.0 Å². The fourth-order valence-corrected chi connectivity index (χ4v) is 6.53. The zero-order chi connectivity index (χ0) is 40.7. The van der Waals surface area contributed by atoms with Crippen LogP contribution in [0.3, 0.4) is 0 Å². The molecule has 0 atom stereocenters. The summed E-state index contributed by atoms with van der Waals surface area (Å²) in [6.07, 6.45) is -1.47. The number of benzene rings is 2. The molecule has 4 aromatic heterocycles. The first-order valence-corrected chi connectivity index (χ1v) is 17.8. The Morgan fingerprint density at radius 3 is 2.26 bits per heavy atom. The largest absolute Gasteiger partial charge is 0.573 e. The summed E-state index contributed by atoms with van der Waals surface area (Å²) in [4.78, 5) is 33.8. The zero-order valence-corrected chi connectivity index (χ0v) is 31.3. The van der Waals surface area contributed by atoms with Crippen molar-refractivity contribution in [2.24, 2.45) is 0 Å². The number of allylic oxidation sites excluding steroid dienone is 3. The Morgan fingerprint density at radius 1 is 0.793 bits per heavy atom. The van der Waals surface area contributed by atoms with Crippen molar-refractivity contribution in [1.29, 1.82) is 0 Å². The minimum Gasteiger partial charge on any atom is -0.406 e. The molecule has 15 nitrogen and oxygen atoms in total. The lowest BCUT2D eigenvalue weighted by molar-refractivity contribution is -0.274. The first-order valence-electron chi connectivity index (χ1n) is 17.8. The van der Waals surface area contributed by atoms with Gasteiger partial charge in [-0.25, -0.2) is 14.5 Å². The molecule has 0 bridgehead atoms. The Bertz CT molecular complexity index is 2690. The van der Waals surface area contributed by atoms with E-state index in [0.717, 1.165) is 11.1 Å². The molecule has 0 saturated heterocycles. The molecule has 6 heterocycles. The number of nitrogens with zero attached hydrogens (tertiary/aromatic N) is 9. The first-order chi connectivity index (χ1) is 27.8. The molecule has 2 aliphatic heterocycles. The number of anilines is 2. The third kappa shape index (κ3) is 7.62. The van der Waals surface area contributed by atoms with Crippen molar-refractivity contribution in [3.63, 3.8) is 0 Å². The Labute approximate surface area is 328 Å². The number of imidazole rings is 1. The quantitative estimate of drug-likeness (QED) is 0.147. The van der Waals surface area contributed by atoms with E-state index in [2.05, 4.69) is 46.2 Å². The average Bonchev–Trinajstić information content (AvgIpc) is 3.67. The first kappa shape index (κ1) is 37.3. The molecule has 58 heavy (non-hydrogen) atoms. The molecule has 2 amide bonds. The monoisotopic (exact) mass is 786 g/mol. The summed E-state index contributed by atoms with van der Waals surface area (Å²) in [5.74, 6) is -0.474. The molecule has 2 aromatic carbocycles. The maximum atomic E-state index is 13.9. The number of nitrogens with one attached hydrogen (secondary N) is 3. The smallest absolute Gasteiger partial charge is 0.406 e. The summed E-state index contributed by atoms with van der Waals surface area (Å²) in [5, 5.41) is 28.5. The van der Waals surface area contributed by atoms with Crippen molar-refractivity contribution in [3.05, 3.63) is 148 Å². The van der Waals surface area contributed by atoms with Crippen LogP contribution < -0.4 is 20.8 Å². The van der Waals surface area contributed by atoms with E-state index in [1.807, 2.05) is 48.2 Å². The number of carbonyl (C=O) groups is 2. The lowest BCUT2D eigenvalue weighted by Gasteiger charge is -2.31. The van der Waals surface area contributed by atoms with E-state index in [0.29, 0.717) is 51.2 Å². The van der Waals surface area contributed by atoms with Gasteiger partial charge < -0.3 is 20.3 Å². The summed E-state index contributed by atoms with van der Waals surface area (Å²) in [6.45, 7) is 7.38. The number of carbonyl (C=O) groups excluding carboxylic acids is 2. The number of aromatic nitrogens is 7. The molecule has 2 aliphatic rings. The second kappa shape index (κ2) is 14.8. The highest BCUT2D eigenvalue weighted by molar-refractivity contribution is 6.04. The third-order valence-corrected chi connectivity index (χ3v) is 9.20. The molecule has 8 rings (SSSR count). The minimum absolute atomic E-state index is 0.147. The van der Waals surface area contributed by atoms with Gasteiger partial charge >= 0.3 is 6.36 Å². The Kier molecular flexibility index (Phi) is 9.51. The number of amides is 2. The number of hydrogen-bond donors (Lipinski definition) is 3. The molecule has 0 saturated carbocycles. The Balaban J connectivity index is 1.05. The van der Waals surface area contributed by atoms with Crippen LogP contribution in [0.25, 0.3) is 22.6 Å². The molecule has 0 aliphatic carbocycles. The summed E-state index contributed by atoms with van der Waals surface area (Å²) in [6, 6.07) is 23.7. The highest BCUT2D eigenvalue weighted by atomic mass is 19.4. The van der Waals surface area contributed by atoms with E-state index >= 15 is 0 Å². The molecular weight excluding hydrogens is 754 g/mol. The SMILES string of the molecule is CC1=C(C(=O)Nc2ccc(C)nn2)N2NC(c3cccc(OC(F)(F)F)c3)=CC=C2N1Cc1ccc(NC(=O)c2c(C)nc3ccc(-c4cccc(C)c4)nn23)nn1. The average molecular weight is 787 g/mol. The molecule has 0 radical (unpaired) electrons. The van der Waals surface area contributed by atoms with Crippen LogP contribution in [-0.2, 0) is 11.3 Å². The van der Waals surface area contributed by atoms with Crippen molar-refractivity contribution in [1.82, 2.24) is 50.3 Å². The Hall–Kier alpha value is -7.63. The summed E-state index contributed by atoms with van der Waals surface area (Å²) < 4.78 is 44.6. The van der Waals surface area contributed by atoms with Gasteiger partial charge in [-0.15, -0.1) is 23.4 Å². The molecule has 0 spiro atoms. The number of hydrogen-bond acceptors (Lipinski definition) is 12. The normalized spacial score (nSPS) is 13.8. The van der Waals surface area contributed by atoms with Gasteiger partial charge in [-0.05, 0) is 94.4 Å². The second-order valence-corrected chi connectivity index (χ2v) is 13.4. The molecule has 0 fully saturated rings. The molecular formula is C40H33F3N12O3. The molecule has 0 unspecified atom stereocenters. The van der Waals surface area contributed by atoms with E-state index in [9.17, 15) is 22.8 Å². The number of halogens is 3. The number of aryl methyl sites for hydroxylation is 3. The highest BCUT2D eigenvalue weighted by Crippen LogP contribution is 2.37. The van der Waals surface area contributed by atoms with E-state index in [4.69, 9.17) is 5.10 Å². The van der Waals surface area contributed by atoms with E-state index < -0.39 is 23.9 Å². The lowest BCUT2D eigenvalue weighted by Crippen LogP contribution is -2.40. The maximum absolute atomic E-state index is 13.9. The van der Waals surface area contributed by atoms with Crippen molar-refractivity contribution in [2.45, 2.75) is 40.6 Å². The minimum atomic E-state index is -4.87. The predicted molar refractivity (Wildman–Crippen MR) is 206 cm³/mol. The van der Waals surface area contributed by atoms with Gasteiger partial charge in [0.25, 0.3) is 11.8 Å². The maximum Gasteiger partial charge on any atom is 0.573 e. The van der Waals surface area contributed by atoms with Gasteiger partial charge in [0.1, 0.15) is 17.3 Å². The molecule has 292 valence electrons. The van der Waals surface area contributed by atoms with Crippen LogP contribution in [0.5, 0.6) is 5.75 Å². The lowest BCUT2D eigenvalue weighted by atomic mass is 10.1. The highest BCUT2D eigenvalue weighted by Gasteiger charge is 2.38. The van der Waals surface area contributed by atoms with Gasteiger partial charge in [-0.3, -0.25) is 15.0 Å². The van der Waals surface area contributed by atoms with Crippen molar-refractivity contribution >= 4 is 34.8 Å². The molecule has 3 N–H and O–H groups in total. The van der Waals surface area contributed by atoms with Gasteiger partial charge in [0.05, 0.1) is 35.0 Å². The van der Waals surface area contributed by atoms with Crippen LogP contribution in [0.1, 0.15) is 45.6 Å². The predicted octanol–water partition coefficient (Wildman–Crippen LogP) is 6.44. The topological polar surface area (TPSA) is 168 Å². The number of alkyl halides is 3. The van der Waals surface area contributed by atoms with Crippen LogP contribution in [0, 0.1) is 20.8 Å². The van der Waals surface area contributed by atoms with Crippen LogP contribution >= 0.6 is 0 Å². The summed E-state index contributed by atoms with van der Waals surface area (Å²) in [5.41, 5.74) is 9.71. The summed E-state index contributed by atoms with van der Waals surface area (Å²) in [7, 11) is 0. The van der Waals surface area contributed by atoms with Crippen molar-refractivity contribution in [2.75, 3.05) is 10.6 Å². The van der Waals surface area contributed by atoms with Crippen LogP contribution in [0.4, 0.5) is 24.8 Å². The molecule has 6 aromatic rings. The van der Waals surface area contributed by atoms with Crippen LogP contribution in [-0.4, -0.2) is 63.1 Å². The number of hydrazine groups is 1.